The van der Waals surface area contributed by atoms with Gasteiger partial charge in [-0.25, -0.2) is 0 Å². The van der Waals surface area contributed by atoms with E-state index in [4.69, 9.17) is 21.7 Å². The van der Waals surface area contributed by atoms with Crippen LogP contribution in [0, 0.1) is 0 Å². The largest absolute Gasteiger partial charge is 0.493 e. The molecule has 130 valence electrons. The van der Waals surface area contributed by atoms with Gasteiger partial charge in [-0.1, -0.05) is 11.3 Å². The van der Waals surface area contributed by atoms with Gasteiger partial charge in [-0.15, -0.1) is 0 Å². The zero-order valence-corrected chi connectivity index (χ0v) is 15.6. The van der Waals surface area contributed by atoms with Crippen LogP contribution in [0.25, 0.3) is 10.2 Å². The van der Waals surface area contributed by atoms with Gasteiger partial charge in [-0.2, -0.15) is 5.10 Å². The van der Waals surface area contributed by atoms with Crippen LogP contribution in [0.3, 0.4) is 0 Å². The van der Waals surface area contributed by atoms with Crippen LogP contribution < -0.4 is 25.1 Å². The predicted molar refractivity (Wildman–Crippen MR) is 102 cm³/mol. The summed E-state index contributed by atoms with van der Waals surface area (Å²) in [6.07, 6.45) is 0. The van der Waals surface area contributed by atoms with Gasteiger partial charge < -0.3 is 14.8 Å². The van der Waals surface area contributed by atoms with E-state index in [9.17, 15) is 4.79 Å². The summed E-state index contributed by atoms with van der Waals surface area (Å²) in [5.41, 5.74) is 4.27. The maximum absolute atomic E-state index is 12.3. The van der Waals surface area contributed by atoms with E-state index < -0.39 is 0 Å². The molecule has 1 heterocycles. The summed E-state index contributed by atoms with van der Waals surface area (Å²) in [6, 6.07) is 3.61. The number of rotatable bonds is 6. The van der Waals surface area contributed by atoms with Crippen molar-refractivity contribution in [2.45, 2.75) is 20.4 Å². The van der Waals surface area contributed by atoms with Crippen LogP contribution in [0.4, 0.5) is 0 Å². The average Bonchev–Trinajstić information content (AvgIpc) is 2.86. The third-order valence-corrected chi connectivity index (χ3v) is 4.42. The quantitative estimate of drug-likeness (QED) is 0.461. The van der Waals surface area contributed by atoms with Crippen molar-refractivity contribution in [3.63, 3.8) is 0 Å². The Kier molecular flexibility index (Phi) is 6.16. The molecule has 0 fully saturated rings. The lowest BCUT2D eigenvalue weighted by atomic mass is 10.3. The van der Waals surface area contributed by atoms with Crippen LogP contribution in [-0.2, 0) is 6.54 Å². The number of fused-ring (bicyclic) bond motifs is 1. The summed E-state index contributed by atoms with van der Waals surface area (Å²) in [5, 5.41) is 7.59. The Hall–Kier alpha value is -2.13. The predicted octanol–water partition coefficient (Wildman–Crippen LogP) is 1.94. The first kappa shape index (κ1) is 18.2. The molecular formula is C15H20N4O3S2. The molecule has 24 heavy (non-hydrogen) atoms. The first-order valence-corrected chi connectivity index (χ1v) is 8.55. The fourth-order valence-corrected chi connectivity index (χ4v) is 3.24. The first-order valence-electron chi connectivity index (χ1n) is 7.32. The second-order valence-electron chi connectivity index (χ2n) is 4.95. The molecule has 0 saturated heterocycles. The van der Waals surface area contributed by atoms with Gasteiger partial charge >= 0.3 is 4.87 Å². The molecule has 2 rings (SSSR count). The second kappa shape index (κ2) is 8.11. The number of hydrazone groups is 1. The van der Waals surface area contributed by atoms with Crippen molar-refractivity contribution in [2.75, 3.05) is 20.8 Å². The van der Waals surface area contributed by atoms with E-state index >= 15 is 0 Å². The van der Waals surface area contributed by atoms with Gasteiger partial charge in [-0.05, 0) is 26.1 Å². The minimum atomic E-state index is -0.0656. The maximum atomic E-state index is 12.3. The number of nitrogens with zero attached hydrogens (tertiary/aromatic N) is 2. The van der Waals surface area contributed by atoms with Gasteiger partial charge in [0.2, 0.25) is 0 Å². The molecule has 2 N–H and O–H groups in total. The normalized spacial score (nSPS) is 11.4. The zero-order valence-electron chi connectivity index (χ0n) is 14.0. The van der Waals surface area contributed by atoms with Gasteiger partial charge in [-0.3, -0.25) is 14.8 Å². The molecule has 0 radical (unpaired) electrons. The summed E-state index contributed by atoms with van der Waals surface area (Å²) in [5.74, 6) is 1.18. The SMILES string of the molecule is CCNC(=S)N/N=C(\C)Cn1c(=O)sc2cc(OC)c(OC)cc21. The molecule has 0 aliphatic rings. The number of hydrogen-bond donors (Lipinski definition) is 2. The molecule has 0 atom stereocenters. The molecule has 0 spiro atoms. The number of hydrogen-bond acceptors (Lipinski definition) is 6. The Morgan fingerprint density at radius 1 is 1.33 bits per heavy atom. The number of ether oxygens (including phenoxy) is 2. The fourth-order valence-electron chi connectivity index (χ4n) is 2.15. The Bertz CT molecular complexity index is 826. The van der Waals surface area contributed by atoms with Crippen molar-refractivity contribution in [3.8, 4) is 11.5 Å². The summed E-state index contributed by atoms with van der Waals surface area (Å²) in [7, 11) is 3.13. The van der Waals surface area contributed by atoms with Gasteiger partial charge in [0.1, 0.15) is 0 Å². The lowest BCUT2D eigenvalue weighted by Crippen LogP contribution is -2.32. The number of nitrogens with one attached hydrogen (secondary N) is 2. The first-order chi connectivity index (χ1) is 11.5. The average molecular weight is 368 g/mol. The van der Waals surface area contributed by atoms with Crippen molar-refractivity contribution in [1.82, 2.24) is 15.3 Å². The Balaban J connectivity index is 2.31. The third kappa shape index (κ3) is 4.04. The van der Waals surface area contributed by atoms with Crippen molar-refractivity contribution >= 4 is 44.6 Å². The van der Waals surface area contributed by atoms with E-state index in [-0.39, 0.29) is 4.87 Å². The highest BCUT2D eigenvalue weighted by molar-refractivity contribution is 7.80. The summed E-state index contributed by atoms with van der Waals surface area (Å²) in [6.45, 7) is 4.86. The van der Waals surface area contributed by atoms with E-state index in [1.807, 2.05) is 19.9 Å². The van der Waals surface area contributed by atoms with Crippen molar-refractivity contribution in [2.24, 2.45) is 5.10 Å². The maximum Gasteiger partial charge on any atom is 0.308 e. The minimum Gasteiger partial charge on any atom is -0.493 e. The van der Waals surface area contributed by atoms with Gasteiger partial charge in [0.15, 0.2) is 16.6 Å². The van der Waals surface area contributed by atoms with Crippen molar-refractivity contribution in [1.29, 1.82) is 0 Å². The van der Waals surface area contributed by atoms with Crippen LogP contribution in [0.1, 0.15) is 13.8 Å². The Morgan fingerprint density at radius 3 is 2.62 bits per heavy atom. The molecule has 2 aromatic rings. The molecule has 1 aromatic carbocycles. The number of aromatic nitrogens is 1. The monoisotopic (exact) mass is 368 g/mol. The highest BCUT2D eigenvalue weighted by atomic mass is 32.1. The van der Waals surface area contributed by atoms with Crippen LogP contribution >= 0.6 is 23.6 Å². The number of thiazole rings is 1. The van der Waals surface area contributed by atoms with Crippen molar-refractivity contribution in [3.05, 3.63) is 21.8 Å². The Labute approximate surface area is 149 Å². The smallest absolute Gasteiger partial charge is 0.308 e. The van der Waals surface area contributed by atoms with Crippen LogP contribution in [0.5, 0.6) is 11.5 Å². The molecule has 0 amide bonds. The number of thiocarbonyl (C=S) groups is 1. The summed E-state index contributed by atoms with van der Waals surface area (Å²) in [4.78, 5) is 12.2. The number of methoxy groups -OCH3 is 2. The summed E-state index contributed by atoms with van der Waals surface area (Å²) >= 11 is 6.22. The molecule has 0 aliphatic carbocycles. The van der Waals surface area contributed by atoms with Gasteiger partial charge in [0, 0.05) is 18.7 Å². The molecule has 0 aliphatic heterocycles. The van der Waals surface area contributed by atoms with E-state index in [1.54, 1.807) is 24.9 Å². The number of benzene rings is 1. The lowest BCUT2D eigenvalue weighted by Gasteiger charge is -2.09. The summed E-state index contributed by atoms with van der Waals surface area (Å²) < 4.78 is 13.1. The van der Waals surface area contributed by atoms with Crippen LogP contribution in [0.2, 0.25) is 0 Å². The molecule has 0 bridgehead atoms. The minimum absolute atomic E-state index is 0.0656. The third-order valence-electron chi connectivity index (χ3n) is 3.25. The van der Waals surface area contributed by atoms with E-state index in [0.717, 1.165) is 33.8 Å². The molecule has 9 heteroatoms. The molecule has 1 aromatic heterocycles. The Morgan fingerprint density at radius 2 is 2.00 bits per heavy atom. The standard InChI is InChI=1S/C15H20N4O3S2/c1-5-16-14(23)18-17-9(2)8-19-10-6-11(21-3)12(22-4)7-13(10)24-15(19)20/h6-7H,5,8H2,1-4H3,(H2,16,18,23)/b17-9+. The van der Waals surface area contributed by atoms with E-state index in [2.05, 4.69) is 15.8 Å². The highest BCUT2D eigenvalue weighted by Gasteiger charge is 2.13. The van der Waals surface area contributed by atoms with Crippen molar-refractivity contribution < 1.29 is 9.47 Å². The van der Waals surface area contributed by atoms with Gasteiger partial charge in [0.05, 0.1) is 36.7 Å². The highest BCUT2D eigenvalue weighted by Crippen LogP contribution is 2.33. The molecule has 0 saturated carbocycles. The topological polar surface area (TPSA) is 76.9 Å². The van der Waals surface area contributed by atoms with E-state index in [1.165, 1.54) is 0 Å². The van der Waals surface area contributed by atoms with Crippen LogP contribution in [-0.4, -0.2) is 36.2 Å². The molecular weight excluding hydrogens is 348 g/mol. The molecule has 7 nitrogen and oxygen atoms in total. The fraction of sp³-hybridized carbons (Fsp3) is 0.400. The molecule has 0 unspecified atom stereocenters. The zero-order chi connectivity index (χ0) is 17.7. The van der Waals surface area contributed by atoms with E-state index in [0.29, 0.717) is 23.2 Å². The lowest BCUT2D eigenvalue weighted by molar-refractivity contribution is 0.356. The van der Waals surface area contributed by atoms with Gasteiger partial charge in [0.25, 0.3) is 0 Å². The van der Waals surface area contributed by atoms with Crippen LogP contribution in [0.15, 0.2) is 22.0 Å². The second-order valence-corrected chi connectivity index (χ2v) is 6.35.